The third kappa shape index (κ3) is 5.13. The minimum absolute atomic E-state index is 0.0760. The maximum absolute atomic E-state index is 2.48. The zero-order valence-electron chi connectivity index (χ0n) is 29.6. The lowest BCUT2D eigenvalue weighted by Crippen LogP contribution is -2.61. The molecule has 246 valence electrons. The van der Waals surface area contributed by atoms with Gasteiger partial charge in [-0.1, -0.05) is 118 Å². The van der Waals surface area contributed by atoms with Crippen molar-refractivity contribution in [2.24, 2.45) is 0 Å². The van der Waals surface area contributed by atoms with Gasteiger partial charge in [0.05, 0.1) is 0 Å². The molecular weight excluding hydrogens is 617 g/mol. The molecule has 2 heterocycles. The van der Waals surface area contributed by atoms with Crippen molar-refractivity contribution in [1.82, 2.24) is 0 Å². The Hall–Kier alpha value is -6.00. The predicted octanol–water partition coefficient (Wildman–Crippen LogP) is 10.8. The van der Waals surface area contributed by atoms with E-state index < -0.39 is 0 Å². The van der Waals surface area contributed by atoms with Gasteiger partial charge in [-0.2, -0.15) is 0 Å². The second kappa shape index (κ2) is 12.1. The van der Waals surface area contributed by atoms with Gasteiger partial charge in [-0.3, -0.25) is 0 Å². The van der Waals surface area contributed by atoms with Crippen LogP contribution in [0, 0.1) is 6.92 Å². The monoisotopic (exact) mass is 657 g/mol. The largest absolute Gasteiger partial charge is 0.311 e. The Labute approximate surface area is 302 Å². The van der Waals surface area contributed by atoms with E-state index in [1.165, 1.54) is 56.0 Å². The summed E-state index contributed by atoms with van der Waals surface area (Å²) in [6.45, 7) is 9.10. The molecule has 4 heteroatoms. The highest BCUT2D eigenvalue weighted by molar-refractivity contribution is 7.00. The highest BCUT2D eigenvalue weighted by atomic mass is 15.2. The summed E-state index contributed by atoms with van der Waals surface area (Å²) >= 11 is 0. The smallest absolute Gasteiger partial charge is 0.252 e. The third-order valence-corrected chi connectivity index (χ3v) is 10.5. The second-order valence-corrected chi connectivity index (χ2v) is 14.7. The summed E-state index contributed by atoms with van der Waals surface area (Å²) in [6, 6.07) is 62.3. The Morgan fingerprint density at radius 2 is 1.00 bits per heavy atom. The van der Waals surface area contributed by atoms with Crippen LogP contribution in [-0.4, -0.2) is 6.71 Å². The first-order valence-corrected chi connectivity index (χ1v) is 17.9. The maximum Gasteiger partial charge on any atom is 0.252 e. The SMILES string of the molecule is Cc1ccccc1N(c1ccc(C(C)(C)C)cc1)c1ccc2c(c1)N(c1ccccc1)c1cccc3c1B2c1ccccc1N3c1ccccc1. The quantitative estimate of drug-likeness (QED) is 0.171. The number of anilines is 9. The summed E-state index contributed by atoms with van der Waals surface area (Å²) in [5, 5.41) is 0. The molecular formula is C47H40BN3. The van der Waals surface area contributed by atoms with E-state index in [1.807, 2.05) is 0 Å². The van der Waals surface area contributed by atoms with Crippen LogP contribution in [0.15, 0.2) is 170 Å². The van der Waals surface area contributed by atoms with Crippen LogP contribution < -0.4 is 31.1 Å². The number of hydrogen-bond donors (Lipinski definition) is 0. The van der Waals surface area contributed by atoms with Crippen molar-refractivity contribution in [3.63, 3.8) is 0 Å². The van der Waals surface area contributed by atoms with Crippen molar-refractivity contribution in [1.29, 1.82) is 0 Å². The first-order valence-electron chi connectivity index (χ1n) is 17.9. The fraction of sp³-hybridized carbons (Fsp3) is 0.106. The third-order valence-electron chi connectivity index (χ3n) is 10.5. The van der Waals surface area contributed by atoms with Gasteiger partial charge in [-0.15, -0.1) is 0 Å². The van der Waals surface area contributed by atoms with Crippen LogP contribution in [0.3, 0.4) is 0 Å². The van der Waals surface area contributed by atoms with Crippen LogP contribution >= 0.6 is 0 Å². The van der Waals surface area contributed by atoms with Crippen LogP contribution in [-0.2, 0) is 5.41 Å². The summed E-state index contributed by atoms with van der Waals surface area (Å²) in [6.07, 6.45) is 0. The van der Waals surface area contributed by atoms with Gasteiger partial charge < -0.3 is 14.7 Å². The summed E-state index contributed by atoms with van der Waals surface area (Å²) in [4.78, 5) is 7.33. The van der Waals surface area contributed by atoms with Crippen molar-refractivity contribution in [3.8, 4) is 0 Å². The van der Waals surface area contributed by atoms with E-state index in [1.54, 1.807) is 0 Å². The number of aryl methyl sites for hydroxylation is 1. The summed E-state index contributed by atoms with van der Waals surface area (Å²) in [7, 11) is 0. The molecule has 0 aromatic heterocycles. The van der Waals surface area contributed by atoms with Gasteiger partial charge in [-0.05, 0) is 113 Å². The summed E-state index contributed by atoms with van der Waals surface area (Å²) < 4.78 is 0. The molecule has 0 amide bonds. The van der Waals surface area contributed by atoms with Crippen LogP contribution in [0.5, 0.6) is 0 Å². The molecule has 2 aliphatic heterocycles. The molecule has 0 radical (unpaired) electrons. The number of fused-ring (bicyclic) bond motifs is 4. The van der Waals surface area contributed by atoms with Gasteiger partial charge in [0.2, 0.25) is 0 Å². The Balaban J connectivity index is 1.29. The zero-order chi connectivity index (χ0) is 34.7. The van der Waals surface area contributed by atoms with Crippen LogP contribution in [0.4, 0.5) is 51.2 Å². The van der Waals surface area contributed by atoms with E-state index >= 15 is 0 Å². The first-order chi connectivity index (χ1) is 24.9. The molecule has 9 rings (SSSR count). The van der Waals surface area contributed by atoms with E-state index in [2.05, 4.69) is 212 Å². The Morgan fingerprint density at radius 1 is 0.471 bits per heavy atom. The number of rotatable bonds is 5. The van der Waals surface area contributed by atoms with Crippen LogP contribution in [0.1, 0.15) is 31.9 Å². The standard InChI is InChI=1S/C47H40BN3/c1-33-16-11-13-22-41(33)49(37-28-26-34(27-29-37)47(2,3)4)38-30-31-40-45(32-38)51(36-19-9-6-10-20-36)44-25-15-24-43-46(44)48(40)39-21-12-14-23-42(39)50(43)35-17-7-5-8-18-35/h5-32H,1-4H3. The van der Waals surface area contributed by atoms with E-state index in [4.69, 9.17) is 0 Å². The van der Waals surface area contributed by atoms with Crippen molar-refractivity contribution in [2.45, 2.75) is 33.1 Å². The van der Waals surface area contributed by atoms with E-state index in [9.17, 15) is 0 Å². The molecule has 0 N–H and O–H groups in total. The highest BCUT2D eigenvalue weighted by Crippen LogP contribution is 2.46. The van der Waals surface area contributed by atoms with Crippen LogP contribution in [0.25, 0.3) is 0 Å². The molecule has 7 aromatic rings. The number of benzene rings is 7. The zero-order valence-corrected chi connectivity index (χ0v) is 29.6. The molecule has 3 nitrogen and oxygen atoms in total. The second-order valence-electron chi connectivity index (χ2n) is 14.7. The number of hydrogen-bond acceptors (Lipinski definition) is 3. The normalized spacial score (nSPS) is 13.0. The fourth-order valence-electron chi connectivity index (χ4n) is 8.07. The minimum atomic E-state index is 0.0760. The lowest BCUT2D eigenvalue weighted by molar-refractivity contribution is 0.590. The van der Waals surface area contributed by atoms with E-state index in [0.29, 0.717) is 0 Å². The lowest BCUT2D eigenvalue weighted by Gasteiger charge is -2.44. The summed E-state index contributed by atoms with van der Waals surface area (Å²) in [5.74, 6) is 0. The van der Waals surface area contributed by atoms with Gasteiger partial charge in [0.15, 0.2) is 0 Å². The molecule has 0 aliphatic carbocycles. The first kappa shape index (κ1) is 31.0. The van der Waals surface area contributed by atoms with Gasteiger partial charge in [-0.25, -0.2) is 0 Å². The predicted molar refractivity (Wildman–Crippen MR) is 219 cm³/mol. The molecule has 51 heavy (non-hydrogen) atoms. The highest BCUT2D eigenvalue weighted by Gasteiger charge is 2.43. The fourth-order valence-corrected chi connectivity index (χ4v) is 8.07. The molecule has 0 saturated heterocycles. The molecule has 0 unspecified atom stereocenters. The molecule has 2 aliphatic rings. The van der Waals surface area contributed by atoms with Crippen molar-refractivity contribution < 1.29 is 0 Å². The molecule has 0 saturated carbocycles. The number of nitrogens with zero attached hydrogens (tertiary/aromatic N) is 3. The molecule has 0 bridgehead atoms. The maximum atomic E-state index is 2.48. The van der Waals surface area contributed by atoms with Gasteiger partial charge >= 0.3 is 0 Å². The van der Waals surface area contributed by atoms with Crippen molar-refractivity contribution in [3.05, 3.63) is 181 Å². The van der Waals surface area contributed by atoms with E-state index in [0.717, 1.165) is 22.7 Å². The van der Waals surface area contributed by atoms with Gasteiger partial charge in [0.25, 0.3) is 6.71 Å². The molecule has 0 spiro atoms. The Morgan fingerprint density at radius 3 is 1.65 bits per heavy atom. The average Bonchev–Trinajstić information content (AvgIpc) is 3.16. The van der Waals surface area contributed by atoms with Crippen molar-refractivity contribution >= 4 is 74.3 Å². The van der Waals surface area contributed by atoms with E-state index in [-0.39, 0.29) is 12.1 Å². The Bertz CT molecular complexity index is 2380. The molecule has 0 fully saturated rings. The van der Waals surface area contributed by atoms with Crippen LogP contribution in [0.2, 0.25) is 0 Å². The average molecular weight is 658 g/mol. The van der Waals surface area contributed by atoms with Gasteiger partial charge in [0, 0.05) is 51.2 Å². The molecule has 7 aromatic carbocycles. The Kier molecular flexibility index (Phi) is 7.36. The number of para-hydroxylation sites is 4. The minimum Gasteiger partial charge on any atom is -0.311 e. The van der Waals surface area contributed by atoms with Gasteiger partial charge in [0.1, 0.15) is 0 Å². The van der Waals surface area contributed by atoms with Crippen molar-refractivity contribution in [2.75, 3.05) is 14.7 Å². The topological polar surface area (TPSA) is 9.72 Å². The molecule has 0 atom stereocenters. The lowest BCUT2D eigenvalue weighted by atomic mass is 9.33. The summed E-state index contributed by atoms with van der Waals surface area (Å²) in [5.41, 5.74) is 17.2.